The molecule has 1 amide bonds. The van der Waals surface area contributed by atoms with Crippen LogP contribution < -0.4 is 10.1 Å². The maximum Gasteiger partial charge on any atom is 0.272 e. The molecule has 0 spiro atoms. The standard InChI is InChI=1S/C20H27N3O2/c1-4-15(5-2)23-14(3)13-18(22-23)20(24)21-17-10-8-12-25-19-11-7-6-9-16(17)19/h6-7,9,11,13,15,17H,4-5,8,10,12H2,1-3H3,(H,21,24)/t17-/m0/s1. The molecule has 0 radical (unpaired) electrons. The van der Waals surface area contributed by atoms with Crippen LogP contribution in [-0.2, 0) is 0 Å². The smallest absolute Gasteiger partial charge is 0.272 e. The zero-order valence-corrected chi connectivity index (χ0v) is 15.3. The molecular formula is C20H27N3O2. The first-order valence-corrected chi connectivity index (χ1v) is 9.22. The Balaban J connectivity index is 1.80. The maximum atomic E-state index is 12.8. The lowest BCUT2D eigenvalue weighted by Crippen LogP contribution is -2.29. The van der Waals surface area contributed by atoms with Crippen LogP contribution in [0, 0.1) is 6.92 Å². The molecular weight excluding hydrogens is 314 g/mol. The Morgan fingerprint density at radius 1 is 1.36 bits per heavy atom. The number of rotatable bonds is 5. The summed E-state index contributed by atoms with van der Waals surface area (Å²) in [5, 5.41) is 7.72. The summed E-state index contributed by atoms with van der Waals surface area (Å²) < 4.78 is 7.76. The second kappa shape index (κ2) is 7.72. The molecule has 1 aliphatic heterocycles. The summed E-state index contributed by atoms with van der Waals surface area (Å²) in [6, 6.07) is 10.1. The third-order valence-corrected chi connectivity index (χ3v) is 4.94. The van der Waals surface area contributed by atoms with Gasteiger partial charge in [-0.05, 0) is 44.7 Å². The van der Waals surface area contributed by atoms with E-state index in [1.54, 1.807) is 0 Å². The summed E-state index contributed by atoms with van der Waals surface area (Å²) >= 11 is 0. The SMILES string of the molecule is CCC(CC)n1nc(C(=O)N[C@H]2CCCOc3ccccc32)cc1C. The highest BCUT2D eigenvalue weighted by atomic mass is 16.5. The molecule has 0 fully saturated rings. The van der Waals surface area contributed by atoms with Gasteiger partial charge in [-0.3, -0.25) is 9.48 Å². The van der Waals surface area contributed by atoms with Crippen LogP contribution in [0.3, 0.4) is 0 Å². The van der Waals surface area contributed by atoms with Gasteiger partial charge in [-0.15, -0.1) is 0 Å². The summed E-state index contributed by atoms with van der Waals surface area (Å²) in [4.78, 5) is 12.8. The average Bonchev–Trinajstić information content (AvgIpc) is 2.89. The fourth-order valence-electron chi connectivity index (χ4n) is 3.51. The predicted octanol–water partition coefficient (Wildman–Crippen LogP) is 4.20. The first-order chi connectivity index (χ1) is 12.1. The third-order valence-electron chi connectivity index (χ3n) is 4.94. The summed E-state index contributed by atoms with van der Waals surface area (Å²) in [5.74, 6) is 0.749. The molecule has 1 aromatic heterocycles. The lowest BCUT2D eigenvalue weighted by atomic mass is 10.0. The van der Waals surface area contributed by atoms with Crippen LogP contribution in [0.25, 0.3) is 0 Å². The van der Waals surface area contributed by atoms with E-state index >= 15 is 0 Å². The molecule has 1 aliphatic rings. The number of nitrogens with one attached hydrogen (secondary N) is 1. The molecule has 1 aromatic carbocycles. The van der Waals surface area contributed by atoms with Gasteiger partial charge in [-0.2, -0.15) is 5.10 Å². The molecule has 3 rings (SSSR count). The van der Waals surface area contributed by atoms with Gasteiger partial charge in [0.05, 0.1) is 18.7 Å². The van der Waals surface area contributed by atoms with Gasteiger partial charge in [0.2, 0.25) is 0 Å². The monoisotopic (exact) mass is 341 g/mol. The summed E-state index contributed by atoms with van der Waals surface area (Å²) in [5.41, 5.74) is 2.57. The molecule has 134 valence electrons. The number of nitrogens with zero attached hydrogens (tertiary/aromatic N) is 2. The molecule has 2 heterocycles. The number of aryl methyl sites for hydroxylation is 1. The van der Waals surface area contributed by atoms with Gasteiger partial charge in [0.1, 0.15) is 11.4 Å². The number of amides is 1. The molecule has 1 atom stereocenters. The van der Waals surface area contributed by atoms with Crippen LogP contribution in [0.15, 0.2) is 30.3 Å². The van der Waals surface area contributed by atoms with Crippen molar-refractivity contribution < 1.29 is 9.53 Å². The summed E-state index contributed by atoms with van der Waals surface area (Å²) in [7, 11) is 0. The molecule has 5 nitrogen and oxygen atoms in total. The highest BCUT2D eigenvalue weighted by Gasteiger charge is 2.23. The quantitative estimate of drug-likeness (QED) is 0.887. The molecule has 5 heteroatoms. The topological polar surface area (TPSA) is 56.2 Å². The molecule has 0 aliphatic carbocycles. The van der Waals surface area contributed by atoms with Crippen molar-refractivity contribution in [3.63, 3.8) is 0 Å². The van der Waals surface area contributed by atoms with Crippen molar-refractivity contribution in [3.8, 4) is 5.75 Å². The van der Waals surface area contributed by atoms with Crippen molar-refractivity contribution in [2.24, 2.45) is 0 Å². The molecule has 0 saturated carbocycles. The minimum absolute atomic E-state index is 0.0372. The second-order valence-corrected chi connectivity index (χ2v) is 6.64. The van der Waals surface area contributed by atoms with Crippen LogP contribution in [0.4, 0.5) is 0 Å². The Labute approximate surface area is 149 Å². The van der Waals surface area contributed by atoms with Crippen LogP contribution in [0.2, 0.25) is 0 Å². The van der Waals surface area contributed by atoms with Crippen LogP contribution >= 0.6 is 0 Å². The van der Waals surface area contributed by atoms with Gasteiger partial charge in [-0.25, -0.2) is 0 Å². The van der Waals surface area contributed by atoms with Crippen molar-refractivity contribution in [3.05, 3.63) is 47.3 Å². The zero-order valence-electron chi connectivity index (χ0n) is 15.3. The number of ether oxygens (including phenoxy) is 1. The Morgan fingerprint density at radius 2 is 2.12 bits per heavy atom. The highest BCUT2D eigenvalue weighted by Crippen LogP contribution is 2.31. The summed E-state index contributed by atoms with van der Waals surface area (Å²) in [6.07, 6.45) is 3.80. The minimum atomic E-state index is -0.116. The van der Waals surface area contributed by atoms with Crippen molar-refractivity contribution in [2.45, 2.75) is 58.5 Å². The first-order valence-electron chi connectivity index (χ1n) is 9.22. The van der Waals surface area contributed by atoms with E-state index in [0.717, 1.165) is 42.7 Å². The van der Waals surface area contributed by atoms with Gasteiger partial charge >= 0.3 is 0 Å². The second-order valence-electron chi connectivity index (χ2n) is 6.64. The fourth-order valence-corrected chi connectivity index (χ4v) is 3.51. The normalized spacial score (nSPS) is 16.9. The largest absolute Gasteiger partial charge is 0.493 e. The Bertz CT molecular complexity index is 734. The van der Waals surface area contributed by atoms with E-state index in [1.807, 2.05) is 41.9 Å². The Kier molecular flexibility index (Phi) is 5.41. The molecule has 25 heavy (non-hydrogen) atoms. The minimum Gasteiger partial charge on any atom is -0.493 e. The average molecular weight is 341 g/mol. The van der Waals surface area contributed by atoms with E-state index < -0.39 is 0 Å². The number of fused-ring (bicyclic) bond motifs is 1. The van der Waals surface area contributed by atoms with Crippen molar-refractivity contribution in [2.75, 3.05) is 6.61 Å². The lowest BCUT2D eigenvalue weighted by Gasteiger charge is -2.18. The first kappa shape index (κ1) is 17.5. The summed E-state index contributed by atoms with van der Waals surface area (Å²) in [6.45, 7) is 7.00. The van der Waals surface area contributed by atoms with Crippen LogP contribution in [0.1, 0.15) is 73.4 Å². The molecule has 0 unspecified atom stereocenters. The number of para-hydroxylation sites is 1. The van der Waals surface area contributed by atoms with Crippen molar-refractivity contribution >= 4 is 5.91 Å². The van der Waals surface area contributed by atoms with Gasteiger partial charge in [0.15, 0.2) is 0 Å². The highest BCUT2D eigenvalue weighted by molar-refractivity contribution is 5.92. The molecule has 2 aromatic rings. The van der Waals surface area contributed by atoms with Crippen molar-refractivity contribution in [1.29, 1.82) is 0 Å². The number of carbonyl (C=O) groups excluding carboxylic acids is 1. The van der Waals surface area contributed by atoms with Gasteiger partial charge in [-0.1, -0.05) is 32.0 Å². The van der Waals surface area contributed by atoms with Crippen LogP contribution in [-0.4, -0.2) is 22.3 Å². The molecule has 1 N–H and O–H groups in total. The Morgan fingerprint density at radius 3 is 2.88 bits per heavy atom. The van der Waals surface area contributed by atoms with E-state index in [4.69, 9.17) is 4.74 Å². The molecule has 0 saturated heterocycles. The van der Waals surface area contributed by atoms with E-state index in [0.29, 0.717) is 18.3 Å². The van der Waals surface area contributed by atoms with Crippen LogP contribution in [0.5, 0.6) is 5.75 Å². The number of hydrogen-bond donors (Lipinski definition) is 1. The van der Waals surface area contributed by atoms with E-state index in [9.17, 15) is 4.79 Å². The number of hydrogen-bond acceptors (Lipinski definition) is 3. The van der Waals surface area contributed by atoms with E-state index in [1.165, 1.54) is 0 Å². The van der Waals surface area contributed by atoms with Gasteiger partial charge in [0.25, 0.3) is 5.91 Å². The Hall–Kier alpha value is -2.30. The lowest BCUT2D eigenvalue weighted by molar-refractivity contribution is 0.0928. The third kappa shape index (κ3) is 3.70. The number of aromatic nitrogens is 2. The van der Waals surface area contributed by atoms with E-state index in [2.05, 4.69) is 24.3 Å². The number of carbonyl (C=O) groups is 1. The van der Waals surface area contributed by atoms with Gasteiger partial charge < -0.3 is 10.1 Å². The van der Waals surface area contributed by atoms with Crippen molar-refractivity contribution in [1.82, 2.24) is 15.1 Å². The zero-order chi connectivity index (χ0) is 17.8. The van der Waals surface area contributed by atoms with E-state index in [-0.39, 0.29) is 11.9 Å². The van der Waals surface area contributed by atoms with Gasteiger partial charge in [0, 0.05) is 11.3 Å². The fraction of sp³-hybridized carbons (Fsp3) is 0.500. The predicted molar refractivity (Wildman–Crippen MR) is 98.0 cm³/mol. The number of benzene rings is 1. The maximum absolute atomic E-state index is 12.8. The molecule has 0 bridgehead atoms.